The molecule has 0 bridgehead atoms. The molecule has 0 heterocycles. The van der Waals surface area contributed by atoms with Gasteiger partial charge in [-0.05, 0) is 84.2 Å². The molecule has 3 aromatic rings. The fraction of sp³-hybridized carbons (Fsp3) is 0.310. The van der Waals surface area contributed by atoms with Gasteiger partial charge >= 0.3 is 0 Å². The molecule has 0 saturated carbocycles. The molecule has 2 amide bonds. The highest BCUT2D eigenvalue weighted by atomic mass is 16.5. The Labute approximate surface area is 201 Å². The van der Waals surface area contributed by atoms with Gasteiger partial charge in [0.2, 0.25) is 0 Å². The maximum atomic E-state index is 12.7. The number of aryl methyl sites for hydroxylation is 1. The first-order chi connectivity index (χ1) is 16.3. The second-order valence-electron chi connectivity index (χ2n) is 9.80. The quantitative estimate of drug-likeness (QED) is 0.469. The lowest BCUT2D eigenvalue weighted by atomic mass is 9.87. The van der Waals surface area contributed by atoms with Crippen molar-refractivity contribution in [1.29, 1.82) is 0 Å². The molecular formula is C29H32N2O3. The lowest BCUT2D eigenvalue weighted by Crippen LogP contribution is -2.21. The average molecular weight is 457 g/mol. The average Bonchev–Trinajstić information content (AvgIpc) is 2.82. The van der Waals surface area contributed by atoms with Crippen molar-refractivity contribution in [2.24, 2.45) is 0 Å². The van der Waals surface area contributed by atoms with E-state index in [0.717, 1.165) is 25.0 Å². The number of anilines is 2. The van der Waals surface area contributed by atoms with Crippen LogP contribution >= 0.6 is 0 Å². The monoisotopic (exact) mass is 456 g/mol. The Bertz CT molecular complexity index is 1180. The van der Waals surface area contributed by atoms with E-state index < -0.39 is 0 Å². The van der Waals surface area contributed by atoms with Crippen molar-refractivity contribution in [1.82, 2.24) is 0 Å². The summed E-state index contributed by atoms with van der Waals surface area (Å²) in [6.45, 7) is 6.36. The van der Waals surface area contributed by atoms with Crippen LogP contribution in [0.25, 0.3) is 0 Å². The zero-order valence-electron chi connectivity index (χ0n) is 20.1. The van der Waals surface area contributed by atoms with Crippen molar-refractivity contribution >= 4 is 23.2 Å². The minimum atomic E-state index is -0.241. The maximum absolute atomic E-state index is 12.7. The van der Waals surface area contributed by atoms with Crippen LogP contribution in [0.1, 0.15) is 60.7 Å². The molecule has 0 aromatic heterocycles. The number of benzene rings is 3. The number of amides is 2. The van der Waals surface area contributed by atoms with Crippen molar-refractivity contribution in [2.75, 3.05) is 17.2 Å². The number of ether oxygens (including phenoxy) is 1. The van der Waals surface area contributed by atoms with Gasteiger partial charge in [-0.1, -0.05) is 51.1 Å². The SMILES string of the molecule is CC(C)(C)c1ccc(C(=O)Nc2cccc(NC(=O)COc3cccc4c3CCCC4)c2)cc1. The topological polar surface area (TPSA) is 67.4 Å². The van der Waals surface area contributed by atoms with Crippen LogP contribution in [0.3, 0.4) is 0 Å². The van der Waals surface area contributed by atoms with Crippen LogP contribution < -0.4 is 15.4 Å². The molecule has 0 fully saturated rings. The third-order valence-electron chi connectivity index (χ3n) is 6.13. The highest BCUT2D eigenvalue weighted by molar-refractivity contribution is 6.04. The Kier molecular flexibility index (Phi) is 7.01. The van der Waals surface area contributed by atoms with Gasteiger partial charge in [-0.2, -0.15) is 0 Å². The zero-order valence-corrected chi connectivity index (χ0v) is 20.1. The van der Waals surface area contributed by atoms with Crippen LogP contribution in [0.15, 0.2) is 66.7 Å². The molecule has 0 aliphatic heterocycles. The summed E-state index contributed by atoms with van der Waals surface area (Å²) < 4.78 is 5.84. The van der Waals surface area contributed by atoms with Crippen LogP contribution in [0.4, 0.5) is 11.4 Å². The van der Waals surface area contributed by atoms with Crippen LogP contribution in [0.2, 0.25) is 0 Å². The van der Waals surface area contributed by atoms with Crippen molar-refractivity contribution in [2.45, 2.75) is 51.9 Å². The van der Waals surface area contributed by atoms with E-state index in [4.69, 9.17) is 4.74 Å². The minimum Gasteiger partial charge on any atom is -0.483 e. The first-order valence-corrected chi connectivity index (χ1v) is 11.8. The number of carbonyl (C=O) groups is 2. The van der Waals surface area contributed by atoms with Gasteiger partial charge in [-0.15, -0.1) is 0 Å². The van der Waals surface area contributed by atoms with Crippen LogP contribution in [0.5, 0.6) is 5.75 Å². The summed E-state index contributed by atoms with van der Waals surface area (Å²) in [6.07, 6.45) is 4.41. The molecule has 3 aromatic carbocycles. The molecule has 176 valence electrons. The Morgan fingerprint density at radius 1 is 0.853 bits per heavy atom. The van der Waals surface area contributed by atoms with Gasteiger partial charge in [-0.3, -0.25) is 9.59 Å². The molecule has 34 heavy (non-hydrogen) atoms. The highest BCUT2D eigenvalue weighted by Crippen LogP contribution is 2.29. The number of hydrogen-bond donors (Lipinski definition) is 2. The Morgan fingerprint density at radius 2 is 1.53 bits per heavy atom. The standard InChI is InChI=1S/C29H32N2O3/c1-29(2,3)22-16-14-21(15-17-22)28(33)31-24-11-7-10-23(18-24)30-27(32)19-34-26-13-6-9-20-8-4-5-12-25(20)26/h6-7,9-11,13-18H,4-5,8,12,19H2,1-3H3,(H,30,32)(H,31,33). The number of rotatable bonds is 6. The number of fused-ring (bicyclic) bond motifs is 1. The van der Waals surface area contributed by atoms with Gasteiger partial charge in [-0.25, -0.2) is 0 Å². The number of carbonyl (C=O) groups excluding carboxylic acids is 2. The summed E-state index contributed by atoms with van der Waals surface area (Å²) in [5.74, 6) is 0.363. The van der Waals surface area contributed by atoms with E-state index in [1.54, 1.807) is 24.3 Å². The summed E-state index contributed by atoms with van der Waals surface area (Å²) in [5, 5.41) is 5.76. The molecular weight excluding hydrogens is 424 g/mol. The van der Waals surface area contributed by atoms with E-state index in [2.05, 4.69) is 37.5 Å². The predicted octanol–water partition coefficient (Wildman–Crippen LogP) is 6.13. The van der Waals surface area contributed by atoms with E-state index >= 15 is 0 Å². The molecule has 0 radical (unpaired) electrons. The number of hydrogen-bond acceptors (Lipinski definition) is 3. The minimum absolute atomic E-state index is 0.0329. The van der Waals surface area contributed by atoms with E-state index in [1.165, 1.54) is 23.1 Å². The van der Waals surface area contributed by atoms with Gasteiger partial charge in [0.05, 0.1) is 0 Å². The fourth-order valence-corrected chi connectivity index (χ4v) is 4.22. The zero-order chi connectivity index (χ0) is 24.1. The van der Waals surface area contributed by atoms with Crippen LogP contribution in [-0.4, -0.2) is 18.4 Å². The molecule has 0 unspecified atom stereocenters. The summed E-state index contributed by atoms with van der Waals surface area (Å²) in [6, 6.07) is 20.8. The van der Waals surface area contributed by atoms with E-state index in [-0.39, 0.29) is 23.8 Å². The molecule has 0 saturated heterocycles. The molecule has 0 spiro atoms. The van der Waals surface area contributed by atoms with Gasteiger partial charge in [0.25, 0.3) is 11.8 Å². The Balaban J connectivity index is 1.34. The van der Waals surface area contributed by atoms with Crippen molar-refractivity contribution in [3.8, 4) is 5.75 Å². The summed E-state index contributed by atoms with van der Waals surface area (Å²) in [4.78, 5) is 25.2. The second-order valence-corrected chi connectivity index (χ2v) is 9.80. The smallest absolute Gasteiger partial charge is 0.262 e. The Morgan fingerprint density at radius 3 is 2.26 bits per heavy atom. The van der Waals surface area contributed by atoms with Crippen molar-refractivity contribution < 1.29 is 14.3 Å². The maximum Gasteiger partial charge on any atom is 0.262 e. The van der Waals surface area contributed by atoms with E-state index in [1.807, 2.05) is 36.4 Å². The summed E-state index contributed by atoms with van der Waals surface area (Å²) >= 11 is 0. The first kappa shape index (κ1) is 23.6. The third-order valence-corrected chi connectivity index (χ3v) is 6.13. The van der Waals surface area contributed by atoms with E-state index in [9.17, 15) is 9.59 Å². The normalized spacial score (nSPS) is 13.0. The van der Waals surface area contributed by atoms with Gasteiger partial charge in [0.15, 0.2) is 6.61 Å². The molecule has 4 rings (SSSR count). The summed E-state index contributed by atoms with van der Waals surface area (Å²) in [7, 11) is 0. The second kappa shape index (κ2) is 10.1. The molecule has 5 heteroatoms. The Hall–Kier alpha value is -3.60. The van der Waals surface area contributed by atoms with Crippen LogP contribution in [-0.2, 0) is 23.1 Å². The predicted molar refractivity (Wildman–Crippen MR) is 137 cm³/mol. The highest BCUT2D eigenvalue weighted by Gasteiger charge is 2.16. The van der Waals surface area contributed by atoms with Crippen molar-refractivity contribution in [3.05, 3.63) is 89.0 Å². The third kappa shape index (κ3) is 5.84. The molecule has 2 N–H and O–H groups in total. The van der Waals surface area contributed by atoms with Gasteiger partial charge in [0, 0.05) is 16.9 Å². The van der Waals surface area contributed by atoms with Crippen LogP contribution in [0, 0.1) is 0 Å². The van der Waals surface area contributed by atoms with E-state index in [0.29, 0.717) is 16.9 Å². The molecule has 0 atom stereocenters. The molecule has 1 aliphatic rings. The largest absolute Gasteiger partial charge is 0.483 e. The molecule has 5 nitrogen and oxygen atoms in total. The first-order valence-electron chi connectivity index (χ1n) is 11.8. The van der Waals surface area contributed by atoms with Gasteiger partial charge < -0.3 is 15.4 Å². The van der Waals surface area contributed by atoms with Gasteiger partial charge in [0.1, 0.15) is 5.75 Å². The summed E-state index contributed by atoms with van der Waals surface area (Å²) in [5.41, 5.74) is 5.55. The van der Waals surface area contributed by atoms with Crippen molar-refractivity contribution in [3.63, 3.8) is 0 Å². The lowest BCUT2D eigenvalue weighted by Gasteiger charge is -2.19. The molecule has 1 aliphatic carbocycles. The lowest BCUT2D eigenvalue weighted by molar-refractivity contribution is -0.118. The number of nitrogens with one attached hydrogen (secondary N) is 2. The fourth-order valence-electron chi connectivity index (χ4n) is 4.22.